The Bertz CT molecular complexity index is 779. The number of amides is 2. The number of hydrogen-bond donors (Lipinski definition) is 2. The highest BCUT2D eigenvalue weighted by atomic mass is 35.5. The fourth-order valence-electron chi connectivity index (χ4n) is 3.15. The summed E-state index contributed by atoms with van der Waals surface area (Å²) in [6.45, 7) is 3.69. The molecule has 2 amide bonds. The van der Waals surface area contributed by atoms with Gasteiger partial charge in [-0.1, -0.05) is 29.8 Å². The third-order valence-electron chi connectivity index (χ3n) is 4.66. The summed E-state index contributed by atoms with van der Waals surface area (Å²) in [5.41, 5.74) is 1.62. The fraction of sp³-hybridized carbons (Fsp3) is 0.400. The van der Waals surface area contributed by atoms with Crippen molar-refractivity contribution in [1.29, 1.82) is 0 Å². The van der Waals surface area contributed by atoms with E-state index < -0.39 is 0 Å². The SMILES string of the molecule is O=C(CCNC(=O)c1ccsc1)NCC(c1ccccc1Cl)N1CCOCC1. The maximum atomic E-state index is 12.3. The van der Waals surface area contributed by atoms with Crippen molar-refractivity contribution in [3.05, 3.63) is 57.2 Å². The van der Waals surface area contributed by atoms with Gasteiger partial charge < -0.3 is 15.4 Å². The molecule has 0 bridgehead atoms. The minimum absolute atomic E-state index is 0.0121. The largest absolute Gasteiger partial charge is 0.379 e. The predicted octanol–water partition coefficient (Wildman–Crippen LogP) is 2.71. The smallest absolute Gasteiger partial charge is 0.252 e. The number of carbonyl (C=O) groups is 2. The van der Waals surface area contributed by atoms with E-state index in [1.54, 1.807) is 11.4 Å². The standard InChI is InChI=1S/C20H24ClN3O3S/c21-17-4-2-1-3-16(17)18(24-8-10-27-11-9-24)13-23-19(25)5-7-22-20(26)15-6-12-28-14-15/h1-4,6,12,14,18H,5,7-11,13H2,(H,22,26)(H,23,25). The van der Waals surface area contributed by atoms with Crippen molar-refractivity contribution < 1.29 is 14.3 Å². The second-order valence-corrected chi connectivity index (χ2v) is 7.69. The molecule has 3 rings (SSSR count). The average molecular weight is 422 g/mol. The van der Waals surface area contributed by atoms with Crippen LogP contribution in [-0.4, -0.2) is 56.1 Å². The first-order valence-electron chi connectivity index (χ1n) is 9.28. The topological polar surface area (TPSA) is 70.7 Å². The van der Waals surface area contributed by atoms with Crippen molar-refractivity contribution >= 4 is 34.8 Å². The van der Waals surface area contributed by atoms with Crippen molar-refractivity contribution in [2.24, 2.45) is 0 Å². The summed E-state index contributed by atoms with van der Waals surface area (Å²) in [6.07, 6.45) is 0.230. The van der Waals surface area contributed by atoms with Crippen LogP contribution in [0.2, 0.25) is 5.02 Å². The molecule has 1 aliphatic rings. The van der Waals surface area contributed by atoms with Crippen molar-refractivity contribution in [2.45, 2.75) is 12.5 Å². The lowest BCUT2D eigenvalue weighted by atomic mass is 10.0. The number of rotatable bonds is 8. The van der Waals surface area contributed by atoms with E-state index in [2.05, 4.69) is 15.5 Å². The number of benzene rings is 1. The van der Waals surface area contributed by atoms with Crippen molar-refractivity contribution in [2.75, 3.05) is 39.4 Å². The lowest BCUT2D eigenvalue weighted by Gasteiger charge is -2.35. The molecule has 2 N–H and O–H groups in total. The molecule has 1 unspecified atom stereocenters. The van der Waals surface area contributed by atoms with Crippen LogP contribution >= 0.6 is 22.9 Å². The minimum Gasteiger partial charge on any atom is -0.379 e. The van der Waals surface area contributed by atoms with E-state index in [0.29, 0.717) is 36.9 Å². The van der Waals surface area contributed by atoms with Crippen LogP contribution in [0.4, 0.5) is 0 Å². The molecular formula is C20H24ClN3O3S. The average Bonchev–Trinajstić information content (AvgIpc) is 3.25. The van der Waals surface area contributed by atoms with E-state index in [-0.39, 0.29) is 24.3 Å². The Hall–Kier alpha value is -1.93. The zero-order chi connectivity index (χ0) is 19.8. The first-order chi connectivity index (χ1) is 13.6. The molecule has 1 atom stereocenters. The molecule has 6 nitrogen and oxygen atoms in total. The second kappa shape index (κ2) is 10.6. The summed E-state index contributed by atoms with van der Waals surface area (Å²) < 4.78 is 5.45. The Morgan fingerprint density at radius 2 is 1.96 bits per heavy atom. The molecule has 1 aromatic heterocycles. The summed E-state index contributed by atoms with van der Waals surface area (Å²) in [5, 5.41) is 10.1. The van der Waals surface area contributed by atoms with E-state index >= 15 is 0 Å². The van der Waals surface area contributed by atoms with Crippen LogP contribution in [0.5, 0.6) is 0 Å². The maximum absolute atomic E-state index is 12.3. The third kappa shape index (κ3) is 5.78. The Balaban J connectivity index is 1.52. The molecular weight excluding hydrogens is 398 g/mol. The molecule has 1 aromatic carbocycles. The quantitative estimate of drug-likeness (QED) is 0.687. The molecule has 0 saturated carbocycles. The van der Waals surface area contributed by atoms with Gasteiger partial charge >= 0.3 is 0 Å². The van der Waals surface area contributed by atoms with Gasteiger partial charge in [0.15, 0.2) is 0 Å². The molecule has 0 radical (unpaired) electrons. The molecule has 1 aliphatic heterocycles. The van der Waals surface area contributed by atoms with Crippen LogP contribution in [0.1, 0.15) is 28.4 Å². The molecule has 1 fully saturated rings. The highest BCUT2D eigenvalue weighted by Gasteiger charge is 2.24. The number of morpholine rings is 1. The van der Waals surface area contributed by atoms with Gasteiger partial charge in [0.2, 0.25) is 5.91 Å². The molecule has 0 aliphatic carbocycles. The van der Waals surface area contributed by atoms with Crippen molar-refractivity contribution in [3.63, 3.8) is 0 Å². The van der Waals surface area contributed by atoms with Crippen LogP contribution in [-0.2, 0) is 9.53 Å². The molecule has 150 valence electrons. The molecule has 2 aromatic rings. The zero-order valence-corrected chi connectivity index (χ0v) is 17.1. The summed E-state index contributed by atoms with van der Waals surface area (Å²) in [7, 11) is 0. The fourth-order valence-corrected chi connectivity index (χ4v) is 4.05. The Labute approximate surface area is 173 Å². The molecule has 1 saturated heterocycles. The molecule has 0 spiro atoms. The predicted molar refractivity (Wildman–Crippen MR) is 111 cm³/mol. The number of thiophene rings is 1. The number of carbonyl (C=O) groups excluding carboxylic acids is 2. The van der Waals surface area contributed by atoms with E-state index in [1.165, 1.54) is 11.3 Å². The number of ether oxygens (including phenoxy) is 1. The lowest BCUT2D eigenvalue weighted by molar-refractivity contribution is -0.121. The Kier molecular flexibility index (Phi) is 7.85. The van der Waals surface area contributed by atoms with Gasteiger partial charge in [-0.3, -0.25) is 14.5 Å². The number of hydrogen-bond acceptors (Lipinski definition) is 5. The van der Waals surface area contributed by atoms with E-state index in [9.17, 15) is 9.59 Å². The highest BCUT2D eigenvalue weighted by Crippen LogP contribution is 2.27. The molecule has 28 heavy (non-hydrogen) atoms. The van der Waals surface area contributed by atoms with Crippen LogP contribution < -0.4 is 10.6 Å². The van der Waals surface area contributed by atoms with Crippen LogP contribution in [0, 0.1) is 0 Å². The normalized spacial score (nSPS) is 15.8. The maximum Gasteiger partial charge on any atom is 0.252 e. The van der Waals surface area contributed by atoms with E-state index in [4.69, 9.17) is 16.3 Å². The van der Waals surface area contributed by atoms with Gasteiger partial charge in [-0.2, -0.15) is 11.3 Å². The first kappa shape index (κ1) is 20.8. The lowest BCUT2D eigenvalue weighted by Crippen LogP contribution is -2.44. The van der Waals surface area contributed by atoms with E-state index in [1.807, 2.05) is 29.6 Å². The van der Waals surface area contributed by atoms with Gasteiger partial charge in [-0.25, -0.2) is 0 Å². The van der Waals surface area contributed by atoms with Gasteiger partial charge in [0, 0.05) is 48.6 Å². The monoisotopic (exact) mass is 421 g/mol. The minimum atomic E-state index is -0.156. The highest BCUT2D eigenvalue weighted by molar-refractivity contribution is 7.08. The summed E-state index contributed by atoms with van der Waals surface area (Å²) in [6, 6.07) is 9.47. The van der Waals surface area contributed by atoms with Crippen LogP contribution in [0.3, 0.4) is 0 Å². The number of halogens is 1. The summed E-state index contributed by atoms with van der Waals surface area (Å²) in [5.74, 6) is -0.257. The van der Waals surface area contributed by atoms with Gasteiger partial charge in [0.05, 0.1) is 19.3 Å². The van der Waals surface area contributed by atoms with Crippen LogP contribution in [0.15, 0.2) is 41.1 Å². The second-order valence-electron chi connectivity index (χ2n) is 6.51. The van der Waals surface area contributed by atoms with Crippen molar-refractivity contribution in [1.82, 2.24) is 15.5 Å². The first-order valence-corrected chi connectivity index (χ1v) is 10.6. The summed E-state index contributed by atoms with van der Waals surface area (Å²) in [4.78, 5) is 26.5. The Morgan fingerprint density at radius 3 is 2.68 bits per heavy atom. The van der Waals surface area contributed by atoms with Gasteiger partial charge in [-0.15, -0.1) is 0 Å². The molecule has 8 heteroatoms. The van der Waals surface area contributed by atoms with E-state index in [0.717, 1.165) is 18.7 Å². The third-order valence-corrected chi connectivity index (χ3v) is 5.69. The number of nitrogens with zero attached hydrogens (tertiary/aromatic N) is 1. The van der Waals surface area contributed by atoms with Gasteiger partial charge in [-0.05, 0) is 23.1 Å². The van der Waals surface area contributed by atoms with Crippen LogP contribution in [0.25, 0.3) is 0 Å². The summed E-state index contributed by atoms with van der Waals surface area (Å²) >= 11 is 7.87. The zero-order valence-electron chi connectivity index (χ0n) is 15.5. The van der Waals surface area contributed by atoms with Crippen molar-refractivity contribution in [3.8, 4) is 0 Å². The molecule has 2 heterocycles. The number of nitrogens with one attached hydrogen (secondary N) is 2. The van der Waals surface area contributed by atoms with Gasteiger partial charge in [0.25, 0.3) is 5.91 Å². The Morgan fingerprint density at radius 1 is 1.18 bits per heavy atom. The van der Waals surface area contributed by atoms with Gasteiger partial charge in [0.1, 0.15) is 0 Å².